The Morgan fingerprint density at radius 2 is 1.46 bits per heavy atom. The molecule has 2 aromatic carbocycles. The highest BCUT2D eigenvalue weighted by atomic mass is 19.4. The fraction of sp³-hybridized carbons (Fsp3) is 0.235. The third kappa shape index (κ3) is 5.33. The SMILES string of the molecule is O=Cc1cccc(-c2ccc(OCC(F)(F)C(F)(F)F)c(OC(F)(F)F)c2)c1. The normalized spacial score (nSPS) is 12.6. The van der Waals surface area contributed by atoms with Gasteiger partial charge in [-0.3, -0.25) is 4.79 Å². The maximum absolute atomic E-state index is 13.0. The molecular weight excluding hydrogens is 404 g/mol. The van der Waals surface area contributed by atoms with Gasteiger partial charge in [0.1, 0.15) is 6.29 Å². The lowest BCUT2D eigenvalue weighted by Gasteiger charge is -2.21. The fourth-order valence-electron chi connectivity index (χ4n) is 2.05. The molecule has 0 aliphatic carbocycles. The molecule has 0 aromatic heterocycles. The molecule has 0 bridgehead atoms. The molecule has 152 valence electrons. The molecule has 0 atom stereocenters. The quantitative estimate of drug-likeness (QED) is 0.453. The lowest BCUT2D eigenvalue weighted by molar-refractivity contribution is -0.291. The largest absolute Gasteiger partial charge is 0.573 e. The molecule has 0 heterocycles. The number of alkyl halides is 8. The van der Waals surface area contributed by atoms with Crippen molar-refractivity contribution in [3.05, 3.63) is 48.0 Å². The van der Waals surface area contributed by atoms with Crippen LogP contribution in [0.4, 0.5) is 35.1 Å². The van der Waals surface area contributed by atoms with Crippen LogP contribution in [0.3, 0.4) is 0 Å². The third-order valence-corrected chi connectivity index (χ3v) is 3.35. The monoisotopic (exact) mass is 414 g/mol. The first-order chi connectivity index (χ1) is 12.8. The van der Waals surface area contributed by atoms with Crippen molar-refractivity contribution in [2.45, 2.75) is 18.5 Å². The van der Waals surface area contributed by atoms with Crippen molar-refractivity contribution >= 4 is 6.29 Å². The Hall–Kier alpha value is -2.85. The topological polar surface area (TPSA) is 35.5 Å². The highest BCUT2D eigenvalue weighted by Gasteiger charge is 2.58. The Morgan fingerprint density at radius 3 is 2.04 bits per heavy atom. The van der Waals surface area contributed by atoms with Crippen LogP contribution in [0.25, 0.3) is 11.1 Å². The molecular formula is C17H10F8O3. The molecule has 0 fully saturated rings. The lowest BCUT2D eigenvalue weighted by atomic mass is 10.0. The molecule has 2 rings (SSSR count). The number of hydrogen-bond acceptors (Lipinski definition) is 3. The van der Waals surface area contributed by atoms with E-state index >= 15 is 0 Å². The van der Waals surface area contributed by atoms with E-state index in [0.29, 0.717) is 6.29 Å². The van der Waals surface area contributed by atoms with Gasteiger partial charge in [-0.2, -0.15) is 22.0 Å². The zero-order valence-corrected chi connectivity index (χ0v) is 13.6. The van der Waals surface area contributed by atoms with Crippen molar-refractivity contribution in [2.75, 3.05) is 6.61 Å². The minimum atomic E-state index is -5.94. The molecule has 0 radical (unpaired) electrons. The summed E-state index contributed by atoms with van der Waals surface area (Å²) in [6.45, 7) is -2.23. The summed E-state index contributed by atoms with van der Waals surface area (Å²) in [6.07, 6.45) is -10.7. The Labute approximate surface area is 152 Å². The molecule has 0 amide bonds. The van der Waals surface area contributed by atoms with E-state index in [1.165, 1.54) is 24.3 Å². The van der Waals surface area contributed by atoms with Crippen molar-refractivity contribution in [1.82, 2.24) is 0 Å². The van der Waals surface area contributed by atoms with Crippen LogP contribution in [0.15, 0.2) is 42.5 Å². The number of ether oxygens (including phenoxy) is 2. The first-order valence-electron chi connectivity index (χ1n) is 7.35. The molecule has 0 aliphatic rings. The molecule has 11 heteroatoms. The Morgan fingerprint density at radius 1 is 0.821 bits per heavy atom. The van der Waals surface area contributed by atoms with Gasteiger partial charge in [-0.1, -0.05) is 24.3 Å². The van der Waals surface area contributed by atoms with Crippen LogP contribution in [-0.2, 0) is 0 Å². The second-order valence-corrected chi connectivity index (χ2v) is 5.44. The number of benzene rings is 2. The smallest absolute Gasteiger partial charge is 0.483 e. The Balaban J connectivity index is 2.39. The zero-order chi connectivity index (χ0) is 21.2. The molecule has 0 N–H and O–H groups in total. The highest BCUT2D eigenvalue weighted by Crippen LogP contribution is 2.39. The van der Waals surface area contributed by atoms with Crippen molar-refractivity contribution in [1.29, 1.82) is 0 Å². The van der Waals surface area contributed by atoms with Gasteiger partial charge in [0.2, 0.25) is 0 Å². The van der Waals surface area contributed by atoms with Crippen molar-refractivity contribution in [3.63, 3.8) is 0 Å². The van der Waals surface area contributed by atoms with Crippen LogP contribution in [0, 0.1) is 0 Å². The van der Waals surface area contributed by atoms with Gasteiger partial charge < -0.3 is 9.47 Å². The van der Waals surface area contributed by atoms with Crippen molar-refractivity contribution in [3.8, 4) is 22.6 Å². The van der Waals surface area contributed by atoms with Crippen LogP contribution < -0.4 is 9.47 Å². The predicted octanol–water partition coefficient (Wildman–Crippen LogP) is 5.64. The van der Waals surface area contributed by atoms with Crippen LogP contribution >= 0.6 is 0 Å². The van der Waals surface area contributed by atoms with E-state index in [1.54, 1.807) is 0 Å². The van der Waals surface area contributed by atoms with Gasteiger partial charge in [-0.05, 0) is 29.3 Å². The van der Waals surface area contributed by atoms with Gasteiger partial charge in [0.05, 0.1) is 0 Å². The first kappa shape index (κ1) is 21.5. The molecule has 0 saturated heterocycles. The van der Waals surface area contributed by atoms with Gasteiger partial charge in [0.25, 0.3) is 0 Å². The van der Waals surface area contributed by atoms with Crippen LogP contribution in [0.2, 0.25) is 0 Å². The van der Waals surface area contributed by atoms with E-state index in [0.717, 1.165) is 18.2 Å². The summed E-state index contributed by atoms with van der Waals surface area (Å²) in [5.41, 5.74) is 0.572. The minimum absolute atomic E-state index is 0.0814. The second kappa shape index (κ2) is 7.64. The standard InChI is InChI=1S/C17H10F8O3/c18-15(19,16(20,21)22)9-27-13-5-4-12(7-14(13)28-17(23,24)25)11-3-1-2-10(6-11)8-26/h1-8H,9H2. The molecule has 28 heavy (non-hydrogen) atoms. The average Bonchev–Trinajstić information content (AvgIpc) is 2.58. The van der Waals surface area contributed by atoms with Gasteiger partial charge in [-0.15, -0.1) is 13.2 Å². The lowest BCUT2D eigenvalue weighted by Crippen LogP contribution is -2.41. The molecule has 0 saturated carbocycles. The summed E-state index contributed by atoms with van der Waals surface area (Å²) < 4.78 is 108. The van der Waals surface area contributed by atoms with Gasteiger partial charge in [0, 0.05) is 5.56 Å². The first-order valence-corrected chi connectivity index (χ1v) is 7.35. The number of hydrogen-bond donors (Lipinski definition) is 0. The summed E-state index contributed by atoms with van der Waals surface area (Å²) >= 11 is 0. The number of halogens is 8. The number of rotatable bonds is 6. The van der Waals surface area contributed by atoms with Crippen LogP contribution in [-0.4, -0.2) is 31.4 Å². The molecule has 3 nitrogen and oxygen atoms in total. The number of carbonyl (C=O) groups is 1. The van der Waals surface area contributed by atoms with Crippen molar-refractivity contribution < 1.29 is 49.4 Å². The van der Waals surface area contributed by atoms with E-state index in [2.05, 4.69) is 9.47 Å². The minimum Gasteiger partial charge on any atom is -0.483 e. The summed E-state index contributed by atoms with van der Waals surface area (Å²) in [4.78, 5) is 10.8. The van der Waals surface area contributed by atoms with E-state index in [9.17, 15) is 39.9 Å². The Bertz CT molecular complexity index is 843. The van der Waals surface area contributed by atoms with Gasteiger partial charge in [-0.25, -0.2) is 0 Å². The summed E-state index contributed by atoms with van der Waals surface area (Å²) in [5.74, 6) is -7.35. The van der Waals surface area contributed by atoms with Crippen molar-refractivity contribution in [2.24, 2.45) is 0 Å². The van der Waals surface area contributed by atoms with Gasteiger partial charge >= 0.3 is 18.5 Å². The number of aldehydes is 1. The van der Waals surface area contributed by atoms with Crippen LogP contribution in [0.5, 0.6) is 11.5 Å². The highest BCUT2D eigenvalue weighted by molar-refractivity contribution is 5.79. The predicted molar refractivity (Wildman–Crippen MR) is 80.4 cm³/mol. The zero-order valence-electron chi connectivity index (χ0n) is 13.6. The Kier molecular flexibility index (Phi) is 5.86. The maximum Gasteiger partial charge on any atom is 0.573 e. The summed E-state index contributed by atoms with van der Waals surface area (Å²) in [6, 6.07) is 8.27. The summed E-state index contributed by atoms with van der Waals surface area (Å²) in [5, 5.41) is 0. The second-order valence-electron chi connectivity index (χ2n) is 5.44. The fourth-order valence-corrected chi connectivity index (χ4v) is 2.05. The molecule has 2 aromatic rings. The molecule has 0 aliphatic heterocycles. The van der Waals surface area contributed by atoms with E-state index in [4.69, 9.17) is 0 Å². The van der Waals surface area contributed by atoms with Gasteiger partial charge in [0.15, 0.2) is 18.1 Å². The number of carbonyl (C=O) groups excluding carboxylic acids is 1. The summed E-state index contributed by atoms with van der Waals surface area (Å²) in [7, 11) is 0. The maximum atomic E-state index is 13.0. The molecule has 0 spiro atoms. The van der Waals surface area contributed by atoms with E-state index in [-0.39, 0.29) is 16.7 Å². The van der Waals surface area contributed by atoms with E-state index in [1.807, 2.05) is 0 Å². The third-order valence-electron chi connectivity index (χ3n) is 3.35. The molecule has 0 unspecified atom stereocenters. The average molecular weight is 414 g/mol. The van der Waals surface area contributed by atoms with E-state index < -0.39 is 36.6 Å². The van der Waals surface area contributed by atoms with Crippen LogP contribution in [0.1, 0.15) is 10.4 Å².